The summed E-state index contributed by atoms with van der Waals surface area (Å²) >= 11 is 0. The van der Waals surface area contributed by atoms with E-state index >= 15 is 0 Å². The summed E-state index contributed by atoms with van der Waals surface area (Å²) in [4.78, 5) is 12.2. The summed E-state index contributed by atoms with van der Waals surface area (Å²) in [5.74, 6) is -0.0580. The fourth-order valence-corrected chi connectivity index (χ4v) is 2.51. The summed E-state index contributed by atoms with van der Waals surface area (Å²) < 4.78 is 37.7. The molecule has 1 atom stereocenters. The van der Waals surface area contributed by atoms with E-state index in [0.29, 0.717) is 5.82 Å². The highest BCUT2D eigenvalue weighted by molar-refractivity contribution is 6.02. The summed E-state index contributed by atoms with van der Waals surface area (Å²) in [6.07, 6.45) is -4.42. The standard InChI is InChI=1S/C20H17F3N4O/c1-13(14-5-3-2-4-6-14)24-18-12-11-17(26-27-18)19(28)25-16-9-7-15(8-10-16)20(21,22)23/h2-13H,1H3,(H,24,27)(H,25,28). The Balaban J connectivity index is 1.62. The second-order valence-corrected chi connectivity index (χ2v) is 6.11. The number of alkyl halides is 3. The molecule has 3 aromatic rings. The molecule has 0 aliphatic rings. The number of carbonyl (C=O) groups is 1. The van der Waals surface area contributed by atoms with Crippen LogP contribution in [-0.4, -0.2) is 16.1 Å². The highest BCUT2D eigenvalue weighted by atomic mass is 19.4. The molecule has 1 heterocycles. The average Bonchev–Trinajstić information content (AvgIpc) is 2.69. The third kappa shape index (κ3) is 4.85. The predicted octanol–water partition coefficient (Wildman–Crippen LogP) is 4.92. The topological polar surface area (TPSA) is 66.9 Å². The molecule has 1 unspecified atom stereocenters. The summed E-state index contributed by atoms with van der Waals surface area (Å²) in [5.41, 5.74) is 0.583. The van der Waals surface area contributed by atoms with Gasteiger partial charge < -0.3 is 10.6 Å². The van der Waals surface area contributed by atoms with Gasteiger partial charge >= 0.3 is 6.18 Å². The Hall–Kier alpha value is -3.42. The maximum absolute atomic E-state index is 12.6. The number of benzene rings is 2. The summed E-state index contributed by atoms with van der Waals surface area (Å²) in [6, 6.07) is 17.1. The molecule has 0 aliphatic carbocycles. The zero-order valence-electron chi connectivity index (χ0n) is 14.9. The van der Waals surface area contributed by atoms with Crippen LogP contribution in [0.25, 0.3) is 0 Å². The van der Waals surface area contributed by atoms with E-state index in [2.05, 4.69) is 20.8 Å². The number of aromatic nitrogens is 2. The zero-order chi connectivity index (χ0) is 20.1. The lowest BCUT2D eigenvalue weighted by Crippen LogP contribution is -2.15. The number of hydrogen-bond donors (Lipinski definition) is 2. The Bertz CT molecular complexity index is 926. The fraction of sp³-hybridized carbons (Fsp3) is 0.150. The van der Waals surface area contributed by atoms with Crippen molar-refractivity contribution in [3.63, 3.8) is 0 Å². The number of nitrogens with zero attached hydrogens (tertiary/aromatic N) is 2. The lowest BCUT2D eigenvalue weighted by molar-refractivity contribution is -0.137. The van der Waals surface area contributed by atoms with Gasteiger partial charge in [0.15, 0.2) is 5.69 Å². The van der Waals surface area contributed by atoms with Crippen LogP contribution in [0.1, 0.15) is 34.6 Å². The number of amides is 1. The highest BCUT2D eigenvalue weighted by Crippen LogP contribution is 2.29. The molecule has 0 aliphatic heterocycles. The van der Waals surface area contributed by atoms with Crippen molar-refractivity contribution in [3.8, 4) is 0 Å². The number of rotatable bonds is 5. The molecule has 28 heavy (non-hydrogen) atoms. The van der Waals surface area contributed by atoms with Crippen molar-refractivity contribution in [1.82, 2.24) is 10.2 Å². The number of carbonyl (C=O) groups excluding carboxylic acids is 1. The molecule has 2 N–H and O–H groups in total. The van der Waals surface area contributed by atoms with Gasteiger partial charge in [0.1, 0.15) is 5.82 Å². The van der Waals surface area contributed by atoms with Crippen molar-refractivity contribution < 1.29 is 18.0 Å². The van der Waals surface area contributed by atoms with Crippen LogP contribution in [0.15, 0.2) is 66.7 Å². The van der Waals surface area contributed by atoms with Crippen LogP contribution < -0.4 is 10.6 Å². The molecule has 1 amide bonds. The maximum atomic E-state index is 12.6. The Morgan fingerprint density at radius 2 is 1.61 bits per heavy atom. The van der Waals surface area contributed by atoms with Gasteiger partial charge in [-0.1, -0.05) is 30.3 Å². The largest absolute Gasteiger partial charge is 0.416 e. The lowest BCUT2D eigenvalue weighted by atomic mass is 10.1. The molecule has 144 valence electrons. The maximum Gasteiger partial charge on any atom is 0.416 e. The Morgan fingerprint density at radius 1 is 0.929 bits per heavy atom. The molecule has 0 spiro atoms. The van der Waals surface area contributed by atoms with E-state index in [4.69, 9.17) is 0 Å². The minimum absolute atomic E-state index is 0.00215. The predicted molar refractivity (Wildman–Crippen MR) is 99.9 cm³/mol. The number of halogens is 3. The van der Waals surface area contributed by atoms with Gasteiger partial charge in [-0.05, 0) is 48.9 Å². The highest BCUT2D eigenvalue weighted by Gasteiger charge is 2.30. The molecule has 2 aromatic carbocycles. The third-order valence-electron chi connectivity index (χ3n) is 4.03. The van der Waals surface area contributed by atoms with Crippen LogP contribution in [0.2, 0.25) is 0 Å². The van der Waals surface area contributed by atoms with E-state index in [0.717, 1.165) is 17.7 Å². The van der Waals surface area contributed by atoms with E-state index in [1.54, 1.807) is 6.07 Å². The van der Waals surface area contributed by atoms with Crippen molar-refractivity contribution >= 4 is 17.4 Å². The lowest BCUT2D eigenvalue weighted by Gasteiger charge is -2.14. The van der Waals surface area contributed by atoms with Gasteiger partial charge in [0.05, 0.1) is 5.56 Å². The quantitative estimate of drug-likeness (QED) is 0.653. The number of hydrogen-bond acceptors (Lipinski definition) is 4. The minimum Gasteiger partial charge on any atom is -0.362 e. The Labute approximate surface area is 159 Å². The van der Waals surface area contributed by atoms with Gasteiger partial charge in [0.25, 0.3) is 5.91 Å². The minimum atomic E-state index is -4.42. The van der Waals surface area contributed by atoms with E-state index in [9.17, 15) is 18.0 Å². The molecule has 1 aromatic heterocycles. The van der Waals surface area contributed by atoms with E-state index < -0.39 is 17.6 Å². The van der Waals surface area contributed by atoms with Gasteiger partial charge in [0.2, 0.25) is 0 Å². The first-order valence-electron chi connectivity index (χ1n) is 8.47. The Morgan fingerprint density at radius 3 is 2.18 bits per heavy atom. The van der Waals surface area contributed by atoms with E-state index in [1.807, 2.05) is 37.3 Å². The molecule has 8 heteroatoms. The second kappa shape index (κ2) is 8.08. The molecule has 0 bridgehead atoms. The monoisotopic (exact) mass is 386 g/mol. The van der Waals surface area contributed by atoms with Crippen LogP contribution in [0, 0.1) is 0 Å². The molecular weight excluding hydrogens is 369 g/mol. The van der Waals surface area contributed by atoms with Gasteiger partial charge in [-0.2, -0.15) is 13.2 Å². The number of nitrogens with one attached hydrogen (secondary N) is 2. The molecule has 5 nitrogen and oxygen atoms in total. The SMILES string of the molecule is CC(Nc1ccc(C(=O)Nc2ccc(C(F)(F)F)cc2)nn1)c1ccccc1. The first kappa shape index (κ1) is 19.3. The van der Waals surface area contributed by atoms with Crippen molar-refractivity contribution in [2.75, 3.05) is 10.6 Å². The van der Waals surface area contributed by atoms with E-state index in [1.165, 1.54) is 18.2 Å². The fourth-order valence-electron chi connectivity index (χ4n) is 2.51. The van der Waals surface area contributed by atoms with Crippen LogP contribution in [0.4, 0.5) is 24.7 Å². The average molecular weight is 386 g/mol. The first-order valence-corrected chi connectivity index (χ1v) is 8.47. The molecule has 0 radical (unpaired) electrons. The molecule has 0 saturated heterocycles. The first-order chi connectivity index (χ1) is 13.3. The summed E-state index contributed by atoms with van der Waals surface area (Å²) in [6.45, 7) is 1.97. The summed E-state index contributed by atoms with van der Waals surface area (Å²) in [5, 5.41) is 13.5. The molecule has 3 rings (SSSR count). The number of anilines is 2. The second-order valence-electron chi connectivity index (χ2n) is 6.11. The van der Waals surface area contributed by atoms with Crippen molar-refractivity contribution in [3.05, 3.63) is 83.6 Å². The smallest absolute Gasteiger partial charge is 0.362 e. The van der Waals surface area contributed by atoms with Crippen molar-refractivity contribution in [1.29, 1.82) is 0 Å². The van der Waals surface area contributed by atoms with Crippen LogP contribution >= 0.6 is 0 Å². The van der Waals surface area contributed by atoms with Gasteiger partial charge in [-0.25, -0.2) is 0 Å². The van der Waals surface area contributed by atoms with E-state index in [-0.39, 0.29) is 17.4 Å². The molecule has 0 fully saturated rings. The van der Waals surface area contributed by atoms with Crippen LogP contribution in [0.3, 0.4) is 0 Å². The van der Waals surface area contributed by atoms with Crippen LogP contribution in [-0.2, 0) is 6.18 Å². The zero-order valence-corrected chi connectivity index (χ0v) is 14.9. The third-order valence-corrected chi connectivity index (χ3v) is 4.03. The van der Waals surface area contributed by atoms with Crippen molar-refractivity contribution in [2.45, 2.75) is 19.1 Å². The normalized spacial score (nSPS) is 12.3. The van der Waals surface area contributed by atoms with Gasteiger partial charge in [0, 0.05) is 11.7 Å². The van der Waals surface area contributed by atoms with Gasteiger partial charge in [-0.3, -0.25) is 4.79 Å². The Kier molecular flexibility index (Phi) is 5.58. The molecule has 0 saturated carbocycles. The van der Waals surface area contributed by atoms with Gasteiger partial charge in [-0.15, -0.1) is 10.2 Å². The summed E-state index contributed by atoms with van der Waals surface area (Å²) in [7, 11) is 0. The molecular formula is C20H17F3N4O. The van der Waals surface area contributed by atoms with Crippen LogP contribution in [0.5, 0.6) is 0 Å². The van der Waals surface area contributed by atoms with Crippen molar-refractivity contribution in [2.24, 2.45) is 0 Å².